The first-order chi connectivity index (χ1) is 14.7. The van der Waals surface area contributed by atoms with Crippen LogP contribution in [0.3, 0.4) is 0 Å². The van der Waals surface area contributed by atoms with Crippen molar-refractivity contribution >= 4 is 14.2 Å². The van der Waals surface area contributed by atoms with E-state index in [-0.39, 0.29) is 0 Å². The molecule has 0 radical (unpaired) electrons. The fraction of sp³-hybridized carbons (Fsp3) is 0.692. The highest BCUT2D eigenvalue weighted by Gasteiger charge is 2.68. The maximum atomic E-state index is 6.54. The van der Waals surface area contributed by atoms with Crippen LogP contribution in [-0.2, 0) is 23.8 Å². The normalized spacial score (nSPS) is 23.2. The van der Waals surface area contributed by atoms with E-state index < -0.39 is 41.9 Å². The van der Waals surface area contributed by atoms with Crippen LogP contribution in [0.1, 0.15) is 99.6 Å². The van der Waals surface area contributed by atoms with Crippen molar-refractivity contribution in [3.63, 3.8) is 0 Å². The molecule has 1 aromatic rings. The van der Waals surface area contributed by atoms with Gasteiger partial charge in [-0.25, -0.2) is 0 Å². The molecule has 6 heteroatoms. The van der Waals surface area contributed by atoms with Gasteiger partial charge in [-0.15, -0.1) is 0 Å². The molecule has 32 heavy (non-hydrogen) atoms. The summed E-state index contributed by atoms with van der Waals surface area (Å²) in [5.74, 6) is 6.54. The Bertz CT molecular complexity index is 809. The van der Waals surface area contributed by atoms with E-state index in [1.807, 2.05) is 0 Å². The van der Waals surface area contributed by atoms with Crippen molar-refractivity contribution < 1.29 is 18.6 Å². The summed E-state index contributed by atoms with van der Waals surface area (Å²) in [6, 6.07) is 8.37. The maximum absolute atomic E-state index is 6.54. The van der Waals surface area contributed by atoms with Crippen molar-refractivity contribution in [1.29, 1.82) is 0 Å². The Morgan fingerprint density at radius 1 is 0.750 bits per heavy atom. The molecule has 0 aromatic heterocycles. The Kier molecular flexibility index (Phi) is 6.75. The second kappa shape index (κ2) is 8.51. The van der Waals surface area contributed by atoms with E-state index in [9.17, 15) is 0 Å². The van der Waals surface area contributed by atoms with E-state index in [0.717, 1.165) is 30.4 Å². The molecular formula is C26H40B2O4. The van der Waals surface area contributed by atoms with Crippen LogP contribution in [0.5, 0.6) is 0 Å². The third kappa shape index (κ3) is 4.42. The van der Waals surface area contributed by atoms with Crippen LogP contribution in [0, 0.1) is 11.8 Å². The predicted octanol–water partition coefficient (Wildman–Crippen LogP) is 5.75. The molecule has 2 aliphatic heterocycles. The largest absolute Gasteiger partial charge is 0.466 e. The number of hydrogen-bond acceptors (Lipinski definition) is 4. The van der Waals surface area contributed by atoms with Crippen molar-refractivity contribution in [2.24, 2.45) is 0 Å². The summed E-state index contributed by atoms with van der Waals surface area (Å²) < 4.78 is 26.2. The maximum Gasteiger partial charge on any atom is 0.466 e. The van der Waals surface area contributed by atoms with Gasteiger partial charge in [0.2, 0.25) is 0 Å². The number of hydrogen-bond donors (Lipinski definition) is 0. The zero-order valence-electron chi connectivity index (χ0n) is 21.7. The van der Waals surface area contributed by atoms with Gasteiger partial charge >= 0.3 is 14.2 Å². The molecule has 0 unspecified atom stereocenters. The van der Waals surface area contributed by atoms with E-state index in [0.29, 0.717) is 0 Å². The van der Waals surface area contributed by atoms with Gasteiger partial charge < -0.3 is 18.6 Å². The van der Waals surface area contributed by atoms with Crippen molar-refractivity contribution in [2.75, 3.05) is 0 Å². The third-order valence-electron chi connectivity index (χ3n) is 7.88. The van der Waals surface area contributed by atoms with Gasteiger partial charge in [-0.3, -0.25) is 0 Å². The summed E-state index contributed by atoms with van der Waals surface area (Å²) in [5.41, 5.74) is 0.254. The zero-order chi connectivity index (χ0) is 24.0. The van der Waals surface area contributed by atoms with E-state index in [2.05, 4.69) is 105 Å². The minimum absolute atomic E-state index is 0.451. The smallest absolute Gasteiger partial charge is 0.403 e. The second-order valence-electron chi connectivity index (χ2n) is 11.4. The summed E-state index contributed by atoms with van der Waals surface area (Å²) in [6.45, 7) is 20.9. The van der Waals surface area contributed by atoms with Gasteiger partial charge in [0.1, 0.15) is 0 Å². The van der Waals surface area contributed by atoms with E-state index in [4.69, 9.17) is 18.6 Å². The van der Waals surface area contributed by atoms with Crippen LogP contribution in [0.4, 0.5) is 0 Å². The molecule has 174 valence electrons. The molecule has 3 rings (SSSR count). The molecule has 0 bridgehead atoms. The fourth-order valence-corrected chi connectivity index (χ4v) is 3.90. The Morgan fingerprint density at radius 3 is 1.53 bits per heavy atom. The molecule has 0 aliphatic carbocycles. The quantitative estimate of drug-likeness (QED) is 0.334. The number of unbranched alkanes of at least 4 members (excludes halogenated alkanes) is 2. The minimum Gasteiger partial charge on any atom is -0.403 e. The lowest BCUT2D eigenvalue weighted by molar-refractivity contribution is 0.00578. The lowest BCUT2D eigenvalue weighted by atomic mass is 9.37. The van der Waals surface area contributed by atoms with Crippen LogP contribution < -0.4 is 0 Å². The summed E-state index contributed by atoms with van der Waals surface area (Å²) in [4.78, 5) is 0. The Labute approximate surface area is 196 Å². The highest BCUT2D eigenvalue weighted by Crippen LogP contribution is 2.49. The lowest BCUT2D eigenvalue weighted by Gasteiger charge is -2.34. The minimum atomic E-state index is -0.676. The van der Waals surface area contributed by atoms with Crippen LogP contribution in [0.25, 0.3) is 0 Å². The Balaban J connectivity index is 1.99. The van der Waals surface area contributed by atoms with Crippen molar-refractivity contribution in [3.05, 3.63) is 35.4 Å². The van der Waals surface area contributed by atoms with Gasteiger partial charge in [-0.2, -0.15) is 0 Å². The summed E-state index contributed by atoms with van der Waals surface area (Å²) >= 11 is 0. The van der Waals surface area contributed by atoms with Gasteiger partial charge in [-0.1, -0.05) is 44.2 Å². The molecule has 1 aromatic carbocycles. The first-order valence-corrected chi connectivity index (χ1v) is 12.0. The molecule has 4 nitrogen and oxygen atoms in total. The highest BCUT2D eigenvalue weighted by molar-refractivity contribution is 6.71. The molecule has 0 atom stereocenters. The number of benzene rings is 1. The third-order valence-corrected chi connectivity index (χ3v) is 7.88. The van der Waals surface area contributed by atoms with E-state index >= 15 is 0 Å². The summed E-state index contributed by atoms with van der Waals surface area (Å²) in [5, 5.41) is -0.676. The molecule has 2 saturated heterocycles. The van der Waals surface area contributed by atoms with Crippen molar-refractivity contribution in [3.8, 4) is 11.8 Å². The number of rotatable bonds is 5. The van der Waals surface area contributed by atoms with Gasteiger partial charge in [-0.05, 0) is 79.5 Å². The molecule has 0 spiro atoms. The molecule has 0 N–H and O–H groups in total. The van der Waals surface area contributed by atoms with Gasteiger partial charge in [0.15, 0.2) is 0 Å². The van der Waals surface area contributed by atoms with Crippen LogP contribution in [0.2, 0.25) is 0 Å². The second-order valence-corrected chi connectivity index (χ2v) is 11.4. The summed E-state index contributed by atoms with van der Waals surface area (Å²) in [6.07, 6.45) is 3.22. The Hall–Kier alpha value is -1.25. The SMILES string of the molecule is CCCCC#Cc1ccc(C(C)(B2OC(C)(C)C(C)(C)O2)B2OC(C)(C)C(C)(C)O2)cc1. The average molecular weight is 438 g/mol. The van der Waals surface area contributed by atoms with E-state index in [1.54, 1.807) is 0 Å². The van der Waals surface area contributed by atoms with Crippen LogP contribution in [0.15, 0.2) is 24.3 Å². The molecule has 2 aliphatic rings. The van der Waals surface area contributed by atoms with Gasteiger partial charge in [0.25, 0.3) is 0 Å². The monoisotopic (exact) mass is 438 g/mol. The Morgan fingerprint density at radius 2 is 1.16 bits per heavy atom. The molecule has 2 fully saturated rings. The first-order valence-electron chi connectivity index (χ1n) is 12.0. The highest BCUT2D eigenvalue weighted by atomic mass is 16.7. The lowest BCUT2D eigenvalue weighted by Crippen LogP contribution is -2.56. The van der Waals surface area contributed by atoms with Crippen LogP contribution in [-0.4, -0.2) is 36.6 Å². The summed E-state index contributed by atoms with van der Waals surface area (Å²) in [7, 11) is -1.05. The average Bonchev–Trinajstić information content (AvgIpc) is 3.05. The first kappa shape index (κ1) is 25.4. The molecule has 2 heterocycles. The molecule has 0 amide bonds. The predicted molar refractivity (Wildman–Crippen MR) is 132 cm³/mol. The molecule has 0 saturated carbocycles. The topological polar surface area (TPSA) is 36.9 Å². The zero-order valence-corrected chi connectivity index (χ0v) is 21.7. The van der Waals surface area contributed by atoms with Gasteiger partial charge in [0.05, 0.1) is 27.6 Å². The van der Waals surface area contributed by atoms with Crippen LogP contribution >= 0.6 is 0 Å². The van der Waals surface area contributed by atoms with Crippen molar-refractivity contribution in [1.82, 2.24) is 0 Å². The van der Waals surface area contributed by atoms with E-state index in [1.165, 1.54) is 0 Å². The van der Waals surface area contributed by atoms with Gasteiger partial charge in [0, 0.05) is 12.0 Å². The van der Waals surface area contributed by atoms with Crippen molar-refractivity contribution in [2.45, 2.75) is 116 Å². The standard InChI is InChI=1S/C26H40B2O4/c1-11-12-13-14-15-20-16-18-21(19-17-20)26(10,27-29-22(2,3)23(4,5)30-27)28-31-24(6,7)25(8,9)32-28/h16-19H,11-13H2,1-10H3. The molecular weight excluding hydrogens is 398 g/mol. The fourth-order valence-electron chi connectivity index (χ4n) is 3.90.